The van der Waals surface area contributed by atoms with E-state index in [1.165, 1.54) is 37.9 Å². The lowest BCUT2D eigenvalue weighted by atomic mass is 10.0. The van der Waals surface area contributed by atoms with Crippen LogP contribution in [0.25, 0.3) is 0 Å². The lowest BCUT2D eigenvalue weighted by molar-refractivity contribution is 0.0696. The summed E-state index contributed by atoms with van der Waals surface area (Å²) >= 11 is 5.98. The number of carboxylic acid groups (broad SMARTS) is 1. The smallest absolute Gasteiger partial charge is 0.337 e. The number of nitrogens with zero attached hydrogens (tertiary/aromatic N) is 1. The Bertz CT molecular complexity index is 431. The lowest BCUT2D eigenvalue weighted by Crippen LogP contribution is -2.09. The van der Waals surface area contributed by atoms with Gasteiger partial charge in [0.1, 0.15) is 5.82 Å². The van der Waals surface area contributed by atoms with Crippen molar-refractivity contribution in [2.75, 3.05) is 11.9 Å². The molecule has 1 aliphatic carbocycles. The first-order valence-corrected chi connectivity index (χ1v) is 6.67. The van der Waals surface area contributed by atoms with Crippen molar-refractivity contribution in [3.05, 3.63) is 22.8 Å². The normalized spacial score (nSPS) is 15.8. The second kappa shape index (κ2) is 6.05. The Kier molecular flexibility index (Phi) is 4.42. The summed E-state index contributed by atoms with van der Waals surface area (Å²) in [6, 6.07) is 1.43. The first-order chi connectivity index (χ1) is 8.66. The zero-order valence-electron chi connectivity index (χ0n) is 10.2. The molecule has 0 bridgehead atoms. The quantitative estimate of drug-likeness (QED) is 0.859. The van der Waals surface area contributed by atoms with Crippen molar-refractivity contribution in [2.45, 2.75) is 32.1 Å². The zero-order valence-corrected chi connectivity index (χ0v) is 10.9. The average Bonchev–Trinajstić information content (AvgIpc) is 2.84. The molecule has 1 aromatic rings. The molecule has 1 aromatic heterocycles. The SMILES string of the molecule is O=C(O)c1cnc(NCCC2CCCC2)c(Cl)c1. The molecule has 0 saturated heterocycles. The Morgan fingerprint density at radius 1 is 1.50 bits per heavy atom. The van der Waals surface area contributed by atoms with Crippen LogP contribution in [0, 0.1) is 5.92 Å². The maximum atomic E-state index is 10.7. The van der Waals surface area contributed by atoms with Gasteiger partial charge in [0.15, 0.2) is 0 Å². The van der Waals surface area contributed by atoms with E-state index in [4.69, 9.17) is 16.7 Å². The number of aromatic nitrogens is 1. The molecule has 4 nitrogen and oxygen atoms in total. The molecule has 0 spiro atoms. The molecule has 0 atom stereocenters. The summed E-state index contributed by atoms with van der Waals surface area (Å²) in [5, 5.41) is 12.3. The summed E-state index contributed by atoms with van der Waals surface area (Å²) in [5.74, 6) is 0.371. The van der Waals surface area contributed by atoms with Crippen molar-refractivity contribution in [3.63, 3.8) is 0 Å². The summed E-state index contributed by atoms with van der Waals surface area (Å²) in [5.41, 5.74) is 0.112. The summed E-state index contributed by atoms with van der Waals surface area (Å²) in [7, 11) is 0. The summed E-state index contributed by atoms with van der Waals surface area (Å²) in [4.78, 5) is 14.8. The number of carboxylic acids is 1. The Morgan fingerprint density at radius 2 is 2.22 bits per heavy atom. The topological polar surface area (TPSA) is 62.2 Å². The first kappa shape index (κ1) is 13.1. The second-order valence-corrected chi connectivity index (χ2v) is 5.13. The molecule has 1 heterocycles. The van der Waals surface area contributed by atoms with E-state index >= 15 is 0 Å². The Labute approximate surface area is 111 Å². The second-order valence-electron chi connectivity index (χ2n) is 4.73. The third-order valence-electron chi connectivity index (χ3n) is 3.41. The highest BCUT2D eigenvalue weighted by atomic mass is 35.5. The number of anilines is 1. The van der Waals surface area contributed by atoms with Crippen LogP contribution in [0.1, 0.15) is 42.5 Å². The van der Waals surface area contributed by atoms with Gasteiger partial charge >= 0.3 is 5.97 Å². The maximum Gasteiger partial charge on any atom is 0.337 e. The minimum absolute atomic E-state index is 0.112. The number of hydrogen-bond donors (Lipinski definition) is 2. The molecule has 1 aliphatic rings. The highest BCUT2D eigenvalue weighted by Crippen LogP contribution is 2.27. The monoisotopic (exact) mass is 268 g/mol. The van der Waals surface area contributed by atoms with Crippen LogP contribution in [-0.2, 0) is 0 Å². The maximum absolute atomic E-state index is 10.7. The van der Waals surface area contributed by atoms with E-state index in [9.17, 15) is 4.79 Å². The molecule has 2 rings (SSSR count). The van der Waals surface area contributed by atoms with E-state index in [0.717, 1.165) is 18.9 Å². The fourth-order valence-electron chi connectivity index (χ4n) is 2.38. The van der Waals surface area contributed by atoms with E-state index in [2.05, 4.69) is 10.3 Å². The predicted molar refractivity (Wildman–Crippen MR) is 71.3 cm³/mol. The van der Waals surface area contributed by atoms with Crippen LogP contribution in [0.3, 0.4) is 0 Å². The number of rotatable bonds is 5. The van der Waals surface area contributed by atoms with Gasteiger partial charge in [0.05, 0.1) is 10.6 Å². The molecule has 0 aliphatic heterocycles. The third-order valence-corrected chi connectivity index (χ3v) is 3.70. The Balaban J connectivity index is 1.87. The molecule has 98 valence electrons. The molecule has 1 fully saturated rings. The molecular formula is C13H17ClN2O2. The van der Waals surface area contributed by atoms with Gasteiger partial charge in [-0.05, 0) is 18.4 Å². The number of nitrogens with one attached hydrogen (secondary N) is 1. The van der Waals surface area contributed by atoms with Gasteiger partial charge < -0.3 is 10.4 Å². The Morgan fingerprint density at radius 3 is 2.83 bits per heavy atom. The molecule has 0 aromatic carbocycles. The summed E-state index contributed by atoms with van der Waals surface area (Å²) in [6.45, 7) is 0.837. The van der Waals surface area contributed by atoms with Gasteiger partial charge in [0.2, 0.25) is 0 Å². The number of hydrogen-bond acceptors (Lipinski definition) is 3. The van der Waals surface area contributed by atoms with Crippen molar-refractivity contribution >= 4 is 23.4 Å². The lowest BCUT2D eigenvalue weighted by Gasteiger charge is -2.11. The van der Waals surface area contributed by atoms with Gasteiger partial charge in [0.25, 0.3) is 0 Å². The molecule has 0 amide bonds. The number of halogens is 1. The molecule has 0 unspecified atom stereocenters. The summed E-state index contributed by atoms with van der Waals surface area (Å²) < 4.78 is 0. The fourth-order valence-corrected chi connectivity index (χ4v) is 2.61. The first-order valence-electron chi connectivity index (χ1n) is 6.29. The van der Waals surface area contributed by atoms with E-state index < -0.39 is 5.97 Å². The van der Waals surface area contributed by atoms with Gasteiger partial charge in [-0.1, -0.05) is 37.3 Å². The van der Waals surface area contributed by atoms with Crippen LogP contribution < -0.4 is 5.32 Å². The number of pyridine rings is 1. The van der Waals surface area contributed by atoms with Crippen LogP contribution in [0.2, 0.25) is 5.02 Å². The predicted octanol–water partition coefficient (Wildman–Crippen LogP) is 3.43. The van der Waals surface area contributed by atoms with Crippen LogP contribution in [0.5, 0.6) is 0 Å². The van der Waals surface area contributed by atoms with Gasteiger partial charge in [-0.25, -0.2) is 9.78 Å². The van der Waals surface area contributed by atoms with Crippen molar-refractivity contribution in [1.82, 2.24) is 4.98 Å². The van der Waals surface area contributed by atoms with E-state index in [1.54, 1.807) is 0 Å². The largest absolute Gasteiger partial charge is 0.478 e. The molecule has 0 radical (unpaired) electrons. The molecule has 18 heavy (non-hydrogen) atoms. The minimum atomic E-state index is -1.01. The average molecular weight is 269 g/mol. The molecule has 5 heteroatoms. The van der Waals surface area contributed by atoms with Gasteiger partial charge in [-0.3, -0.25) is 0 Å². The standard InChI is InChI=1S/C13H17ClN2O2/c14-11-7-10(13(17)18)8-16-12(11)15-6-5-9-3-1-2-4-9/h7-9H,1-6H2,(H,15,16)(H,17,18). The van der Waals surface area contributed by atoms with Gasteiger partial charge in [0, 0.05) is 12.7 Å². The highest BCUT2D eigenvalue weighted by Gasteiger charge is 2.14. The van der Waals surface area contributed by atoms with Crippen molar-refractivity contribution in [3.8, 4) is 0 Å². The van der Waals surface area contributed by atoms with Crippen molar-refractivity contribution < 1.29 is 9.90 Å². The molecular weight excluding hydrogens is 252 g/mol. The van der Waals surface area contributed by atoms with Crippen LogP contribution >= 0.6 is 11.6 Å². The minimum Gasteiger partial charge on any atom is -0.478 e. The Hall–Kier alpha value is -1.29. The summed E-state index contributed by atoms with van der Waals surface area (Å²) in [6.07, 6.45) is 7.78. The van der Waals surface area contributed by atoms with Gasteiger partial charge in [-0.15, -0.1) is 0 Å². The van der Waals surface area contributed by atoms with Gasteiger partial charge in [-0.2, -0.15) is 0 Å². The van der Waals surface area contributed by atoms with Crippen LogP contribution in [0.4, 0.5) is 5.82 Å². The van der Waals surface area contributed by atoms with Crippen LogP contribution in [0.15, 0.2) is 12.3 Å². The highest BCUT2D eigenvalue weighted by molar-refractivity contribution is 6.33. The zero-order chi connectivity index (χ0) is 13.0. The van der Waals surface area contributed by atoms with E-state index in [-0.39, 0.29) is 5.56 Å². The van der Waals surface area contributed by atoms with E-state index in [1.807, 2.05) is 0 Å². The van der Waals surface area contributed by atoms with Crippen LogP contribution in [-0.4, -0.2) is 22.6 Å². The number of carbonyl (C=O) groups is 1. The van der Waals surface area contributed by atoms with Crippen molar-refractivity contribution in [2.24, 2.45) is 5.92 Å². The fraction of sp³-hybridized carbons (Fsp3) is 0.538. The van der Waals surface area contributed by atoms with E-state index in [0.29, 0.717) is 10.8 Å². The molecule has 2 N–H and O–H groups in total. The number of aromatic carboxylic acids is 1. The van der Waals surface area contributed by atoms with Crippen molar-refractivity contribution in [1.29, 1.82) is 0 Å². The third kappa shape index (κ3) is 3.35. The molecule has 1 saturated carbocycles.